The van der Waals surface area contributed by atoms with E-state index in [9.17, 15) is 14.0 Å². The van der Waals surface area contributed by atoms with Crippen molar-refractivity contribution in [2.75, 3.05) is 25.5 Å². The standard InChI is InChI=1S/C20H24FN5O3/c1-4-16-12-26(11-15-9-23-25(2)19(15)24-16)20(28)13-5-6-14(17(21)7-13)8-22-10-18(27)29-3/h4-7,9,22,24H,8,10-12H2,1-3H3/b16-4+. The molecule has 0 bridgehead atoms. The lowest BCUT2D eigenvalue weighted by atomic mass is 10.1. The van der Waals surface area contributed by atoms with Gasteiger partial charge in [-0.3, -0.25) is 14.3 Å². The number of ether oxygens (including phenoxy) is 1. The molecule has 1 aromatic carbocycles. The summed E-state index contributed by atoms with van der Waals surface area (Å²) in [5.41, 5.74) is 2.39. The zero-order chi connectivity index (χ0) is 21.0. The van der Waals surface area contributed by atoms with E-state index in [2.05, 4.69) is 20.5 Å². The quantitative estimate of drug-likeness (QED) is 0.743. The van der Waals surface area contributed by atoms with Crippen LogP contribution in [0.15, 0.2) is 36.2 Å². The predicted molar refractivity (Wildman–Crippen MR) is 105 cm³/mol. The molecule has 2 aromatic rings. The molecule has 0 spiro atoms. The molecule has 0 unspecified atom stereocenters. The molecule has 154 valence electrons. The van der Waals surface area contributed by atoms with Crippen molar-refractivity contribution in [2.45, 2.75) is 20.0 Å². The molecular weight excluding hydrogens is 377 g/mol. The zero-order valence-electron chi connectivity index (χ0n) is 16.7. The average Bonchev–Trinajstić information content (AvgIpc) is 2.95. The highest BCUT2D eigenvalue weighted by Crippen LogP contribution is 2.24. The van der Waals surface area contributed by atoms with Crippen LogP contribution in [0, 0.1) is 5.82 Å². The number of aromatic nitrogens is 2. The molecule has 2 N–H and O–H groups in total. The van der Waals surface area contributed by atoms with E-state index in [1.807, 2.05) is 20.0 Å². The van der Waals surface area contributed by atoms with Crippen LogP contribution in [0.2, 0.25) is 0 Å². The molecule has 1 aliphatic rings. The third-order valence-electron chi connectivity index (χ3n) is 4.76. The Morgan fingerprint density at radius 3 is 2.86 bits per heavy atom. The zero-order valence-corrected chi connectivity index (χ0v) is 16.7. The predicted octanol–water partition coefficient (Wildman–Crippen LogP) is 1.79. The number of allylic oxidation sites excluding steroid dienone is 1. The second-order valence-electron chi connectivity index (χ2n) is 6.73. The Kier molecular flexibility index (Phi) is 6.28. The molecule has 1 aliphatic heterocycles. The number of esters is 1. The summed E-state index contributed by atoms with van der Waals surface area (Å²) >= 11 is 0. The van der Waals surface area contributed by atoms with Gasteiger partial charge >= 0.3 is 5.97 Å². The van der Waals surface area contributed by atoms with Gasteiger partial charge in [-0.05, 0) is 19.1 Å². The summed E-state index contributed by atoms with van der Waals surface area (Å²) in [6.45, 7) is 2.79. The van der Waals surface area contributed by atoms with Crippen molar-refractivity contribution in [3.63, 3.8) is 0 Å². The molecular formula is C20H24FN5O3. The molecule has 29 heavy (non-hydrogen) atoms. The van der Waals surface area contributed by atoms with Crippen molar-refractivity contribution in [1.82, 2.24) is 20.0 Å². The molecule has 0 saturated carbocycles. The van der Waals surface area contributed by atoms with Gasteiger partial charge in [0, 0.05) is 36.0 Å². The van der Waals surface area contributed by atoms with Crippen LogP contribution in [0.4, 0.5) is 10.2 Å². The molecule has 0 aliphatic carbocycles. The molecule has 2 heterocycles. The van der Waals surface area contributed by atoms with Gasteiger partial charge in [0.1, 0.15) is 11.6 Å². The van der Waals surface area contributed by atoms with E-state index in [4.69, 9.17) is 0 Å². The van der Waals surface area contributed by atoms with Crippen LogP contribution in [0.25, 0.3) is 0 Å². The molecule has 1 aromatic heterocycles. The summed E-state index contributed by atoms with van der Waals surface area (Å²) in [4.78, 5) is 25.8. The van der Waals surface area contributed by atoms with E-state index < -0.39 is 11.8 Å². The Balaban J connectivity index is 1.75. The number of carbonyl (C=O) groups excluding carboxylic acids is 2. The van der Waals surface area contributed by atoms with Crippen molar-refractivity contribution < 1.29 is 18.7 Å². The van der Waals surface area contributed by atoms with Crippen LogP contribution in [-0.2, 0) is 29.7 Å². The normalized spacial score (nSPS) is 14.9. The topological polar surface area (TPSA) is 88.5 Å². The summed E-state index contributed by atoms with van der Waals surface area (Å²) in [6, 6.07) is 4.38. The lowest BCUT2D eigenvalue weighted by molar-refractivity contribution is -0.139. The van der Waals surface area contributed by atoms with Crippen LogP contribution < -0.4 is 10.6 Å². The van der Waals surface area contributed by atoms with Gasteiger partial charge in [0.25, 0.3) is 5.91 Å². The number of hydrogen-bond donors (Lipinski definition) is 2. The smallest absolute Gasteiger partial charge is 0.319 e. The second-order valence-corrected chi connectivity index (χ2v) is 6.73. The van der Waals surface area contributed by atoms with Gasteiger partial charge in [-0.2, -0.15) is 5.10 Å². The average molecular weight is 401 g/mol. The van der Waals surface area contributed by atoms with Crippen molar-refractivity contribution >= 4 is 17.7 Å². The molecule has 3 rings (SSSR count). The summed E-state index contributed by atoms with van der Waals surface area (Å²) < 4.78 is 20.7. The first kappa shape index (κ1) is 20.5. The molecule has 0 atom stereocenters. The van der Waals surface area contributed by atoms with Gasteiger partial charge < -0.3 is 20.3 Å². The number of nitrogens with zero attached hydrogens (tertiary/aromatic N) is 3. The van der Waals surface area contributed by atoms with Gasteiger partial charge in [-0.1, -0.05) is 12.1 Å². The number of nitrogens with one attached hydrogen (secondary N) is 2. The number of amides is 1. The Labute approximate surface area is 168 Å². The fourth-order valence-corrected chi connectivity index (χ4v) is 3.10. The van der Waals surface area contributed by atoms with Crippen LogP contribution in [-0.4, -0.2) is 46.8 Å². The van der Waals surface area contributed by atoms with Gasteiger partial charge in [0.05, 0.1) is 32.9 Å². The van der Waals surface area contributed by atoms with Crippen molar-refractivity contribution in [2.24, 2.45) is 7.05 Å². The van der Waals surface area contributed by atoms with Gasteiger partial charge in [0.15, 0.2) is 0 Å². The minimum Gasteiger partial charge on any atom is -0.468 e. The number of aryl methyl sites for hydroxylation is 1. The van der Waals surface area contributed by atoms with Gasteiger partial charge in [0.2, 0.25) is 0 Å². The maximum Gasteiger partial charge on any atom is 0.319 e. The van der Waals surface area contributed by atoms with E-state index in [1.165, 1.54) is 13.2 Å². The Bertz CT molecular complexity index is 954. The minimum atomic E-state index is -0.505. The number of anilines is 1. The number of methoxy groups -OCH3 is 1. The fourth-order valence-electron chi connectivity index (χ4n) is 3.10. The van der Waals surface area contributed by atoms with E-state index >= 15 is 0 Å². The highest BCUT2D eigenvalue weighted by molar-refractivity contribution is 5.94. The molecule has 8 nitrogen and oxygen atoms in total. The summed E-state index contributed by atoms with van der Waals surface area (Å²) in [5.74, 6) is -0.363. The lowest BCUT2D eigenvalue weighted by Gasteiger charge is -2.21. The van der Waals surface area contributed by atoms with E-state index in [0.717, 1.165) is 17.1 Å². The van der Waals surface area contributed by atoms with Crippen molar-refractivity contribution in [1.29, 1.82) is 0 Å². The number of hydrogen-bond acceptors (Lipinski definition) is 6. The van der Waals surface area contributed by atoms with E-state index in [1.54, 1.807) is 27.9 Å². The Morgan fingerprint density at radius 2 is 2.17 bits per heavy atom. The number of carbonyl (C=O) groups is 2. The lowest BCUT2D eigenvalue weighted by Crippen LogP contribution is -2.32. The van der Waals surface area contributed by atoms with Gasteiger partial charge in [-0.25, -0.2) is 4.39 Å². The number of halogens is 1. The van der Waals surface area contributed by atoms with E-state index in [-0.39, 0.29) is 24.6 Å². The molecule has 0 saturated heterocycles. The SMILES string of the molecule is C/C=C1\CN(C(=O)c2ccc(CNCC(=O)OC)c(F)c2)Cc2cnn(C)c2N1. The number of benzene rings is 1. The highest BCUT2D eigenvalue weighted by Gasteiger charge is 2.24. The van der Waals surface area contributed by atoms with Crippen LogP contribution >= 0.6 is 0 Å². The largest absolute Gasteiger partial charge is 0.468 e. The monoisotopic (exact) mass is 401 g/mol. The number of rotatable bonds is 5. The third-order valence-corrected chi connectivity index (χ3v) is 4.76. The third kappa shape index (κ3) is 4.62. The van der Waals surface area contributed by atoms with Crippen molar-refractivity contribution in [3.8, 4) is 0 Å². The summed E-state index contributed by atoms with van der Waals surface area (Å²) in [6.07, 6.45) is 3.62. The fraction of sp³-hybridized carbons (Fsp3) is 0.350. The first-order valence-electron chi connectivity index (χ1n) is 9.21. The Morgan fingerprint density at radius 1 is 1.38 bits per heavy atom. The molecule has 0 fully saturated rings. The molecule has 0 radical (unpaired) electrons. The van der Waals surface area contributed by atoms with Crippen molar-refractivity contribution in [3.05, 3.63) is 58.7 Å². The first-order valence-corrected chi connectivity index (χ1v) is 9.21. The van der Waals surface area contributed by atoms with Crippen LogP contribution in [0.3, 0.4) is 0 Å². The highest BCUT2D eigenvalue weighted by atomic mass is 19.1. The summed E-state index contributed by atoms with van der Waals surface area (Å²) in [5, 5.41) is 10.3. The minimum absolute atomic E-state index is 0.0169. The van der Waals surface area contributed by atoms with E-state index in [0.29, 0.717) is 18.7 Å². The first-order chi connectivity index (χ1) is 13.9. The maximum absolute atomic E-state index is 14.5. The maximum atomic E-state index is 14.5. The van der Waals surface area contributed by atoms with Gasteiger partial charge in [-0.15, -0.1) is 0 Å². The Hall–Kier alpha value is -3.20. The summed E-state index contributed by atoms with van der Waals surface area (Å²) in [7, 11) is 3.12. The molecule has 1 amide bonds. The second kappa shape index (κ2) is 8.87. The molecule has 9 heteroatoms. The van der Waals surface area contributed by atoms with Crippen LogP contribution in [0.5, 0.6) is 0 Å². The number of fused-ring (bicyclic) bond motifs is 1. The van der Waals surface area contributed by atoms with Crippen LogP contribution in [0.1, 0.15) is 28.4 Å².